The second-order valence-electron chi connectivity index (χ2n) is 5.15. The van der Waals surface area contributed by atoms with Crippen LogP contribution < -0.4 is 0 Å². The first kappa shape index (κ1) is 14.5. The first-order valence-corrected chi connectivity index (χ1v) is 8.24. The number of sulfonamides is 1. The predicted molar refractivity (Wildman–Crippen MR) is 74.9 cm³/mol. The molecule has 2 atom stereocenters. The Hall–Kier alpha value is -1.46. The van der Waals surface area contributed by atoms with Crippen molar-refractivity contribution in [3.05, 3.63) is 24.0 Å². The third-order valence-electron chi connectivity index (χ3n) is 3.67. The summed E-state index contributed by atoms with van der Waals surface area (Å²) in [5.74, 6) is 5.15. The molecule has 2 bridgehead atoms. The van der Waals surface area contributed by atoms with Crippen molar-refractivity contribution in [1.82, 2.24) is 9.29 Å². The molecule has 0 aromatic carbocycles. The molecule has 3 rings (SSSR count). The maximum Gasteiger partial charge on any atom is 0.244 e. The van der Waals surface area contributed by atoms with Crippen molar-refractivity contribution < 1.29 is 18.3 Å². The van der Waals surface area contributed by atoms with E-state index in [0.29, 0.717) is 18.7 Å². The zero-order valence-electron chi connectivity index (χ0n) is 11.4. The molecule has 0 aliphatic carbocycles. The SMILES string of the molecule is O=S(=O)(c1cncc(C#CCO)c1)N1CC2CCC(C1)O2. The number of fused-ring (bicyclic) bond motifs is 2. The summed E-state index contributed by atoms with van der Waals surface area (Å²) in [7, 11) is -3.57. The van der Waals surface area contributed by atoms with Crippen LogP contribution in [0.25, 0.3) is 0 Å². The standard InChI is InChI=1S/C14H16N2O4S/c17-5-1-2-11-6-14(8-15-7-11)21(18,19)16-9-12-3-4-13(10-16)20-12/h6-8,12-13,17H,3-5,9-10H2. The molecule has 21 heavy (non-hydrogen) atoms. The van der Waals surface area contributed by atoms with Crippen LogP contribution in [0.15, 0.2) is 23.4 Å². The van der Waals surface area contributed by atoms with Crippen LogP contribution in [0.1, 0.15) is 18.4 Å². The van der Waals surface area contributed by atoms with E-state index < -0.39 is 10.0 Å². The van der Waals surface area contributed by atoms with E-state index in [2.05, 4.69) is 16.8 Å². The summed E-state index contributed by atoms with van der Waals surface area (Å²) in [6, 6.07) is 1.49. The van der Waals surface area contributed by atoms with E-state index in [1.165, 1.54) is 22.8 Å². The van der Waals surface area contributed by atoms with Gasteiger partial charge >= 0.3 is 0 Å². The zero-order valence-corrected chi connectivity index (χ0v) is 12.2. The number of aliphatic hydroxyl groups excluding tert-OH is 1. The second kappa shape index (κ2) is 5.73. The van der Waals surface area contributed by atoms with Crippen LogP contribution in [-0.2, 0) is 14.8 Å². The molecule has 2 fully saturated rings. The van der Waals surface area contributed by atoms with Crippen LogP contribution >= 0.6 is 0 Å². The highest BCUT2D eigenvalue weighted by molar-refractivity contribution is 7.89. The largest absolute Gasteiger partial charge is 0.384 e. The fraction of sp³-hybridized carbons (Fsp3) is 0.500. The topological polar surface area (TPSA) is 79.7 Å². The lowest BCUT2D eigenvalue weighted by atomic mass is 10.2. The number of ether oxygens (including phenoxy) is 1. The molecule has 1 aromatic heterocycles. The minimum atomic E-state index is -3.57. The third-order valence-corrected chi connectivity index (χ3v) is 5.47. The fourth-order valence-corrected chi connectivity index (χ4v) is 4.19. The van der Waals surface area contributed by atoms with E-state index in [-0.39, 0.29) is 23.7 Å². The van der Waals surface area contributed by atoms with Crippen molar-refractivity contribution in [2.24, 2.45) is 0 Å². The van der Waals surface area contributed by atoms with Gasteiger partial charge in [-0.1, -0.05) is 11.8 Å². The highest BCUT2D eigenvalue weighted by Crippen LogP contribution is 2.29. The summed E-state index contributed by atoms with van der Waals surface area (Å²) in [6.07, 6.45) is 4.64. The maximum atomic E-state index is 12.7. The van der Waals surface area contributed by atoms with E-state index >= 15 is 0 Å². The molecule has 0 amide bonds. The molecule has 0 spiro atoms. The molecule has 112 valence electrons. The van der Waals surface area contributed by atoms with Crippen molar-refractivity contribution in [1.29, 1.82) is 0 Å². The normalized spacial score (nSPS) is 25.4. The molecule has 1 N–H and O–H groups in total. The fourth-order valence-electron chi connectivity index (χ4n) is 2.69. The van der Waals surface area contributed by atoms with Crippen LogP contribution in [-0.4, -0.2) is 54.7 Å². The second-order valence-corrected chi connectivity index (χ2v) is 7.09. The predicted octanol–water partition coefficient (Wildman–Crippen LogP) is -0.0227. The average molecular weight is 308 g/mol. The van der Waals surface area contributed by atoms with E-state index in [1.807, 2.05) is 0 Å². The van der Waals surface area contributed by atoms with E-state index in [4.69, 9.17) is 9.84 Å². The molecule has 0 radical (unpaired) electrons. The lowest BCUT2D eigenvalue weighted by molar-refractivity contribution is -0.0114. The molecular formula is C14H16N2O4S. The quantitative estimate of drug-likeness (QED) is 0.777. The molecule has 2 saturated heterocycles. The van der Waals surface area contributed by atoms with Gasteiger partial charge in [-0.05, 0) is 18.9 Å². The molecule has 0 saturated carbocycles. The Kier molecular flexibility index (Phi) is 3.95. The summed E-state index contributed by atoms with van der Waals surface area (Å²) in [6.45, 7) is 0.514. The van der Waals surface area contributed by atoms with Gasteiger partial charge in [-0.2, -0.15) is 4.31 Å². The van der Waals surface area contributed by atoms with E-state index in [0.717, 1.165) is 12.8 Å². The molecular weight excluding hydrogens is 292 g/mol. The Morgan fingerprint density at radius 3 is 2.71 bits per heavy atom. The molecule has 1 aromatic rings. The molecule has 6 nitrogen and oxygen atoms in total. The monoisotopic (exact) mass is 308 g/mol. The Balaban J connectivity index is 1.88. The van der Waals surface area contributed by atoms with Gasteiger partial charge in [-0.3, -0.25) is 4.98 Å². The van der Waals surface area contributed by atoms with Crippen LogP contribution in [0.3, 0.4) is 0 Å². The summed E-state index contributed by atoms with van der Waals surface area (Å²) < 4.78 is 32.5. The summed E-state index contributed by atoms with van der Waals surface area (Å²) in [4.78, 5) is 4.06. The van der Waals surface area contributed by atoms with Gasteiger partial charge in [0.1, 0.15) is 11.5 Å². The highest BCUT2D eigenvalue weighted by atomic mass is 32.2. The van der Waals surface area contributed by atoms with Gasteiger partial charge in [0.15, 0.2) is 0 Å². The Morgan fingerprint density at radius 1 is 1.33 bits per heavy atom. The number of pyridine rings is 1. The number of hydrogen-bond acceptors (Lipinski definition) is 5. The Labute approximate surface area is 123 Å². The number of nitrogens with zero attached hydrogens (tertiary/aromatic N) is 2. The van der Waals surface area contributed by atoms with Gasteiger partial charge in [0.05, 0.1) is 12.2 Å². The Bertz CT molecular complexity index is 680. The molecule has 2 aliphatic rings. The summed E-state index contributed by atoms with van der Waals surface area (Å²) in [5, 5.41) is 8.69. The molecule has 2 unspecified atom stereocenters. The lowest BCUT2D eigenvalue weighted by Crippen LogP contribution is -2.45. The van der Waals surface area contributed by atoms with Crippen molar-refractivity contribution in [2.75, 3.05) is 19.7 Å². The first-order valence-electron chi connectivity index (χ1n) is 6.80. The van der Waals surface area contributed by atoms with Gasteiger partial charge in [0, 0.05) is 31.0 Å². The number of aliphatic hydroxyl groups is 1. The van der Waals surface area contributed by atoms with Gasteiger partial charge in [0.2, 0.25) is 10.0 Å². The van der Waals surface area contributed by atoms with Crippen molar-refractivity contribution >= 4 is 10.0 Å². The van der Waals surface area contributed by atoms with Gasteiger partial charge < -0.3 is 9.84 Å². The minimum Gasteiger partial charge on any atom is -0.384 e. The van der Waals surface area contributed by atoms with Gasteiger partial charge in [-0.15, -0.1) is 0 Å². The van der Waals surface area contributed by atoms with Crippen molar-refractivity contribution in [3.8, 4) is 11.8 Å². The smallest absolute Gasteiger partial charge is 0.244 e. The summed E-state index contributed by atoms with van der Waals surface area (Å²) >= 11 is 0. The molecule has 2 aliphatic heterocycles. The van der Waals surface area contributed by atoms with Crippen molar-refractivity contribution in [2.45, 2.75) is 29.9 Å². The average Bonchev–Trinajstić information content (AvgIpc) is 2.83. The first-order chi connectivity index (χ1) is 10.1. The lowest BCUT2D eigenvalue weighted by Gasteiger charge is -2.31. The summed E-state index contributed by atoms with van der Waals surface area (Å²) in [5.41, 5.74) is 0.473. The van der Waals surface area contributed by atoms with E-state index in [9.17, 15) is 8.42 Å². The zero-order chi connectivity index (χ0) is 14.9. The third kappa shape index (κ3) is 2.94. The van der Waals surface area contributed by atoms with E-state index in [1.54, 1.807) is 0 Å². The molecule has 7 heteroatoms. The number of morpholine rings is 1. The number of hydrogen-bond donors (Lipinski definition) is 1. The number of rotatable bonds is 2. The van der Waals surface area contributed by atoms with Crippen LogP contribution in [0.4, 0.5) is 0 Å². The van der Waals surface area contributed by atoms with Crippen molar-refractivity contribution in [3.63, 3.8) is 0 Å². The minimum absolute atomic E-state index is 0.00356. The Morgan fingerprint density at radius 2 is 2.05 bits per heavy atom. The van der Waals surface area contributed by atoms with Crippen LogP contribution in [0, 0.1) is 11.8 Å². The van der Waals surface area contributed by atoms with Gasteiger partial charge in [-0.25, -0.2) is 8.42 Å². The maximum absolute atomic E-state index is 12.7. The molecule has 3 heterocycles. The van der Waals surface area contributed by atoms with Gasteiger partial charge in [0.25, 0.3) is 0 Å². The van der Waals surface area contributed by atoms with Crippen LogP contribution in [0.5, 0.6) is 0 Å². The van der Waals surface area contributed by atoms with Crippen LogP contribution in [0.2, 0.25) is 0 Å². The number of aromatic nitrogens is 1. The highest BCUT2D eigenvalue weighted by Gasteiger charge is 2.39.